The number of carbonyl (C=O) groups excluding carboxylic acids is 1. The van der Waals surface area contributed by atoms with Crippen LogP contribution in [0.25, 0.3) is 11.1 Å². The molecule has 4 N–H and O–H groups in total. The Morgan fingerprint density at radius 1 is 0.759 bits per heavy atom. The van der Waals surface area contributed by atoms with E-state index in [4.69, 9.17) is 14.6 Å². The van der Waals surface area contributed by atoms with Crippen molar-refractivity contribution in [2.75, 3.05) is 7.11 Å². The highest BCUT2D eigenvalue weighted by Gasteiger charge is 2.40. The maximum atomic E-state index is 14.8. The largest absolute Gasteiger partial charge is 1.00 e. The molecule has 54 heavy (non-hydrogen) atoms. The van der Waals surface area contributed by atoms with Crippen molar-refractivity contribution in [1.29, 1.82) is 0 Å². The zero-order valence-electron chi connectivity index (χ0n) is 28.4. The van der Waals surface area contributed by atoms with E-state index < -0.39 is 102 Å². The van der Waals surface area contributed by atoms with E-state index in [1.54, 1.807) is 13.8 Å². The van der Waals surface area contributed by atoms with Crippen LogP contribution in [0.5, 0.6) is 5.75 Å². The lowest BCUT2D eigenvalue weighted by molar-refractivity contribution is -0.708. The van der Waals surface area contributed by atoms with E-state index in [1.807, 2.05) is 0 Å². The molecule has 3 atom stereocenters. The van der Waals surface area contributed by atoms with Crippen LogP contribution >= 0.6 is 0 Å². The summed E-state index contributed by atoms with van der Waals surface area (Å²) < 4.78 is 154. The predicted octanol–water partition coefficient (Wildman–Crippen LogP) is 4.96. The highest BCUT2D eigenvalue weighted by atomic mass is 35.5. The number of quaternary nitrogens is 1. The number of carbonyl (C=O) groups is 3. The summed E-state index contributed by atoms with van der Waals surface area (Å²) in [4.78, 5) is 35.2. The van der Waals surface area contributed by atoms with Crippen LogP contribution in [0.1, 0.15) is 72.6 Å². The Morgan fingerprint density at radius 2 is 1.31 bits per heavy atom. The highest BCUT2D eigenvalue weighted by Crippen LogP contribution is 2.40. The van der Waals surface area contributed by atoms with Crippen molar-refractivity contribution in [1.82, 2.24) is 0 Å². The fourth-order valence-corrected chi connectivity index (χ4v) is 5.24. The highest BCUT2D eigenvalue weighted by molar-refractivity contribution is 5.81. The Balaban J connectivity index is 0.0000101. The summed E-state index contributed by atoms with van der Waals surface area (Å²) in [5, 5.41) is 19.3. The standard InChI is InChI=1S/C34H31F10NO8.ClH/c1-15(2)23-11-24(26(51-4)12-25(23)35)22-6-5-19(32(36,37)38)9-18(22)14-45-16(3)29(53-31(50)52-27(30(48)49)13-28(46)47)17-7-20(33(39,40)41)10-21(8-17)34(42,43)44;/h5-12,15-16,27,29,45H,13-14H2,1-4H3,(H,46,47)(H,48,49);1H/t16-,27?,29-;/m0./s1. The zero-order valence-corrected chi connectivity index (χ0v) is 29.2. The van der Waals surface area contributed by atoms with Crippen molar-refractivity contribution in [2.24, 2.45) is 0 Å². The van der Waals surface area contributed by atoms with Crippen molar-refractivity contribution in [2.45, 2.75) is 76.4 Å². The van der Waals surface area contributed by atoms with Gasteiger partial charge in [0, 0.05) is 17.2 Å². The van der Waals surface area contributed by atoms with E-state index in [-0.39, 0.29) is 58.6 Å². The number of nitrogens with two attached hydrogens (primary N) is 1. The first-order valence-corrected chi connectivity index (χ1v) is 15.4. The number of rotatable bonds is 13. The molecule has 298 valence electrons. The third kappa shape index (κ3) is 11.6. The van der Waals surface area contributed by atoms with Gasteiger partial charge in [0.25, 0.3) is 0 Å². The van der Waals surface area contributed by atoms with Gasteiger partial charge in [0.2, 0.25) is 6.10 Å². The maximum absolute atomic E-state index is 14.8. The molecule has 0 saturated carbocycles. The second-order valence-corrected chi connectivity index (χ2v) is 12.1. The molecule has 20 heteroatoms. The van der Waals surface area contributed by atoms with Gasteiger partial charge in [-0.25, -0.2) is 14.0 Å². The lowest BCUT2D eigenvalue weighted by Crippen LogP contribution is -3.00. The van der Waals surface area contributed by atoms with Gasteiger partial charge in [-0.3, -0.25) is 4.79 Å². The molecular weight excluding hydrogens is 776 g/mol. The van der Waals surface area contributed by atoms with E-state index in [1.165, 1.54) is 13.2 Å². The predicted molar refractivity (Wildman–Crippen MR) is 163 cm³/mol. The molecule has 3 aromatic rings. The number of carboxylic acid groups (broad SMARTS) is 2. The second-order valence-electron chi connectivity index (χ2n) is 12.1. The number of alkyl halides is 9. The SMILES string of the molecule is COc1cc(F)c(C(C)C)cc1-c1ccc(C(F)(F)F)cc1C[NH2+][C@@H](C)[C@H](OC(=O)OC(CC(=O)O)C(=O)O)c1cc(C(F)(F)F)cc(C(F)(F)F)c1.[Cl-]. The van der Waals surface area contributed by atoms with Gasteiger partial charge >= 0.3 is 36.6 Å². The van der Waals surface area contributed by atoms with Gasteiger partial charge in [-0.1, -0.05) is 19.9 Å². The van der Waals surface area contributed by atoms with Crippen molar-refractivity contribution in [3.05, 3.63) is 87.7 Å². The van der Waals surface area contributed by atoms with Gasteiger partial charge in [0.15, 0.2) is 6.10 Å². The number of ether oxygens (including phenoxy) is 3. The molecule has 0 saturated heterocycles. The quantitative estimate of drug-likeness (QED) is 0.163. The zero-order chi connectivity index (χ0) is 40.2. The van der Waals surface area contributed by atoms with E-state index in [9.17, 15) is 63.4 Å². The number of carboxylic acids is 2. The Kier molecular flexibility index (Phi) is 14.8. The van der Waals surface area contributed by atoms with Crippen LogP contribution in [0.2, 0.25) is 0 Å². The molecule has 0 aromatic heterocycles. The van der Waals surface area contributed by atoms with E-state index in [0.29, 0.717) is 0 Å². The average Bonchev–Trinajstić information content (AvgIpc) is 3.03. The summed E-state index contributed by atoms with van der Waals surface area (Å²) in [5.74, 6) is -4.89. The van der Waals surface area contributed by atoms with E-state index in [2.05, 4.69) is 4.74 Å². The lowest BCUT2D eigenvalue weighted by Gasteiger charge is -2.26. The normalized spacial score (nSPS) is 13.8. The maximum Gasteiger partial charge on any atom is 0.509 e. The minimum absolute atomic E-state index is 0. The van der Waals surface area contributed by atoms with E-state index in [0.717, 1.165) is 36.5 Å². The monoisotopic (exact) mass is 807 g/mol. The van der Waals surface area contributed by atoms with Crippen LogP contribution in [0.15, 0.2) is 48.5 Å². The molecule has 0 radical (unpaired) electrons. The average molecular weight is 808 g/mol. The minimum atomic E-state index is -5.36. The summed E-state index contributed by atoms with van der Waals surface area (Å²) in [5.41, 5.74) is -5.46. The summed E-state index contributed by atoms with van der Waals surface area (Å²) in [6.07, 6.45) is -23.4. The number of halogens is 11. The summed E-state index contributed by atoms with van der Waals surface area (Å²) >= 11 is 0. The van der Waals surface area contributed by atoms with Crippen molar-refractivity contribution in [3.63, 3.8) is 0 Å². The molecule has 0 fully saturated rings. The molecule has 0 aliphatic rings. The molecule has 0 bridgehead atoms. The number of hydrogen-bond acceptors (Lipinski definition) is 6. The molecule has 3 aromatic carbocycles. The van der Waals surface area contributed by atoms with Gasteiger partial charge in [-0.2, -0.15) is 39.5 Å². The van der Waals surface area contributed by atoms with Crippen LogP contribution in [0.3, 0.4) is 0 Å². The number of methoxy groups -OCH3 is 1. The molecule has 0 spiro atoms. The summed E-state index contributed by atoms with van der Waals surface area (Å²) in [6, 6.07) is 3.66. The third-order valence-corrected chi connectivity index (χ3v) is 7.89. The lowest BCUT2D eigenvalue weighted by atomic mass is 9.92. The Morgan fingerprint density at radius 3 is 1.78 bits per heavy atom. The topological polar surface area (TPSA) is 136 Å². The number of benzene rings is 3. The minimum Gasteiger partial charge on any atom is -1.00 e. The Hall–Kier alpha value is -4.78. The molecule has 3 rings (SSSR count). The second kappa shape index (κ2) is 17.6. The first-order chi connectivity index (χ1) is 24.3. The fraction of sp³-hybridized carbons (Fsp3) is 0.382. The molecule has 1 unspecified atom stereocenters. The summed E-state index contributed by atoms with van der Waals surface area (Å²) in [7, 11) is 1.18. The molecule has 0 aliphatic carbocycles. The number of aliphatic carboxylic acids is 2. The Bertz CT molecular complexity index is 1800. The first kappa shape index (κ1) is 45.4. The Labute approximate surface area is 306 Å². The fourth-order valence-electron chi connectivity index (χ4n) is 5.24. The molecular formula is C34H32ClF10NO8. The van der Waals surface area contributed by atoms with Crippen LogP contribution < -0.4 is 22.5 Å². The number of hydrogen-bond donors (Lipinski definition) is 3. The molecule has 0 heterocycles. The summed E-state index contributed by atoms with van der Waals surface area (Å²) in [6.45, 7) is 3.91. The van der Waals surface area contributed by atoms with Crippen LogP contribution in [0.4, 0.5) is 48.7 Å². The molecule has 0 aliphatic heterocycles. The van der Waals surface area contributed by atoms with Crippen LogP contribution in [-0.2, 0) is 44.1 Å². The van der Waals surface area contributed by atoms with Crippen LogP contribution in [0, 0.1) is 5.82 Å². The van der Waals surface area contributed by atoms with Gasteiger partial charge in [0.1, 0.15) is 24.2 Å². The van der Waals surface area contributed by atoms with Crippen molar-refractivity contribution >= 4 is 18.1 Å². The van der Waals surface area contributed by atoms with Gasteiger partial charge in [0.05, 0.1) is 30.2 Å². The molecule has 9 nitrogen and oxygen atoms in total. The van der Waals surface area contributed by atoms with Crippen molar-refractivity contribution in [3.8, 4) is 16.9 Å². The van der Waals surface area contributed by atoms with E-state index >= 15 is 0 Å². The van der Waals surface area contributed by atoms with Crippen LogP contribution in [-0.4, -0.2) is 47.6 Å². The third-order valence-electron chi connectivity index (χ3n) is 7.89. The smallest absolute Gasteiger partial charge is 0.509 e. The van der Waals surface area contributed by atoms with Gasteiger partial charge in [-0.05, 0) is 65.9 Å². The van der Waals surface area contributed by atoms with Crippen molar-refractivity contribution < 1.29 is 100 Å². The first-order valence-electron chi connectivity index (χ1n) is 15.4. The molecule has 0 amide bonds. The van der Waals surface area contributed by atoms with Gasteiger partial charge in [-0.15, -0.1) is 0 Å². The van der Waals surface area contributed by atoms with Gasteiger partial charge < -0.3 is 42.1 Å².